The maximum absolute atomic E-state index is 10.4. The summed E-state index contributed by atoms with van der Waals surface area (Å²) in [6, 6.07) is 0. The van der Waals surface area contributed by atoms with E-state index in [0.717, 1.165) is 25.7 Å². The van der Waals surface area contributed by atoms with Gasteiger partial charge in [0.2, 0.25) is 0 Å². The largest absolute Gasteiger partial charge is 0.325 e. The first kappa shape index (κ1) is 11.9. The SMILES string of the molecule is C=CCCCCCCP(=O)(O)O. The zero-order chi connectivity index (χ0) is 9.45. The van der Waals surface area contributed by atoms with Crippen molar-refractivity contribution in [3.63, 3.8) is 0 Å². The van der Waals surface area contributed by atoms with Crippen LogP contribution < -0.4 is 0 Å². The summed E-state index contributed by atoms with van der Waals surface area (Å²) in [6.07, 6.45) is 6.52. The fourth-order valence-electron chi connectivity index (χ4n) is 0.960. The van der Waals surface area contributed by atoms with E-state index in [4.69, 9.17) is 9.79 Å². The van der Waals surface area contributed by atoms with Gasteiger partial charge in [-0.25, -0.2) is 0 Å². The van der Waals surface area contributed by atoms with Crippen molar-refractivity contribution >= 4 is 7.60 Å². The molecule has 0 saturated carbocycles. The monoisotopic (exact) mass is 192 g/mol. The molecule has 0 aliphatic carbocycles. The van der Waals surface area contributed by atoms with E-state index in [1.165, 1.54) is 0 Å². The molecule has 0 aromatic carbocycles. The van der Waals surface area contributed by atoms with Gasteiger partial charge < -0.3 is 9.79 Å². The van der Waals surface area contributed by atoms with E-state index in [2.05, 4.69) is 6.58 Å². The summed E-state index contributed by atoms with van der Waals surface area (Å²) in [5.41, 5.74) is 0. The molecule has 0 aliphatic rings. The Hall–Kier alpha value is -0.110. The molecule has 0 spiro atoms. The lowest BCUT2D eigenvalue weighted by Gasteiger charge is -2.02. The molecule has 0 atom stereocenters. The summed E-state index contributed by atoms with van der Waals surface area (Å²) in [7, 11) is -3.74. The van der Waals surface area contributed by atoms with Crippen LogP contribution in [0, 0.1) is 0 Å². The third-order valence-electron chi connectivity index (χ3n) is 1.61. The second kappa shape index (κ2) is 6.41. The Morgan fingerprint density at radius 2 is 1.75 bits per heavy atom. The number of allylic oxidation sites excluding steroid dienone is 1. The van der Waals surface area contributed by atoms with Crippen molar-refractivity contribution in [3.8, 4) is 0 Å². The molecule has 0 aromatic heterocycles. The average Bonchev–Trinajstić information content (AvgIpc) is 1.94. The third kappa shape index (κ3) is 9.89. The van der Waals surface area contributed by atoms with Gasteiger partial charge in [0.15, 0.2) is 0 Å². The summed E-state index contributed by atoms with van der Waals surface area (Å²) in [5.74, 6) is 0. The van der Waals surface area contributed by atoms with E-state index in [1.54, 1.807) is 0 Å². The first-order chi connectivity index (χ1) is 5.56. The fourth-order valence-corrected chi connectivity index (χ4v) is 1.60. The van der Waals surface area contributed by atoms with Gasteiger partial charge >= 0.3 is 7.60 Å². The van der Waals surface area contributed by atoms with Gasteiger partial charge in [-0.2, -0.15) is 0 Å². The quantitative estimate of drug-likeness (QED) is 0.369. The smallest absolute Gasteiger partial charge is 0.324 e. The first-order valence-electron chi connectivity index (χ1n) is 4.22. The van der Waals surface area contributed by atoms with Crippen molar-refractivity contribution < 1.29 is 14.4 Å². The highest BCUT2D eigenvalue weighted by atomic mass is 31.2. The topological polar surface area (TPSA) is 57.5 Å². The fraction of sp³-hybridized carbons (Fsp3) is 0.750. The first-order valence-corrected chi connectivity index (χ1v) is 6.01. The van der Waals surface area contributed by atoms with Gasteiger partial charge in [-0.1, -0.05) is 18.9 Å². The van der Waals surface area contributed by atoms with E-state index in [0.29, 0.717) is 6.42 Å². The van der Waals surface area contributed by atoms with Gasteiger partial charge in [0, 0.05) is 6.16 Å². The third-order valence-corrected chi connectivity index (χ3v) is 2.51. The molecule has 0 aromatic rings. The Morgan fingerprint density at radius 1 is 1.17 bits per heavy atom. The highest BCUT2D eigenvalue weighted by Gasteiger charge is 2.10. The normalized spacial score (nSPS) is 11.5. The van der Waals surface area contributed by atoms with E-state index < -0.39 is 7.60 Å². The molecule has 4 heteroatoms. The van der Waals surface area contributed by atoms with E-state index in [1.807, 2.05) is 6.08 Å². The second-order valence-corrected chi connectivity index (χ2v) is 4.66. The molecule has 0 bridgehead atoms. The number of hydrogen-bond acceptors (Lipinski definition) is 1. The Bertz CT molecular complexity index is 162. The Morgan fingerprint density at radius 3 is 2.25 bits per heavy atom. The molecule has 0 amide bonds. The van der Waals surface area contributed by atoms with Gasteiger partial charge in [-0.15, -0.1) is 6.58 Å². The van der Waals surface area contributed by atoms with Crippen LogP contribution in [0.3, 0.4) is 0 Å². The molecular weight excluding hydrogens is 175 g/mol. The molecule has 0 saturated heterocycles. The molecule has 3 nitrogen and oxygen atoms in total. The minimum Gasteiger partial charge on any atom is -0.324 e. The second-order valence-electron chi connectivity index (χ2n) is 2.88. The van der Waals surface area contributed by atoms with Gasteiger partial charge in [-0.05, 0) is 19.3 Å². The minimum absolute atomic E-state index is 0.0289. The summed E-state index contributed by atoms with van der Waals surface area (Å²) in [5, 5.41) is 0. The lowest BCUT2D eigenvalue weighted by Crippen LogP contribution is -1.87. The van der Waals surface area contributed by atoms with E-state index in [-0.39, 0.29) is 6.16 Å². The number of hydrogen-bond donors (Lipinski definition) is 2. The molecule has 0 heterocycles. The van der Waals surface area contributed by atoms with Crippen LogP contribution >= 0.6 is 7.60 Å². The predicted molar refractivity (Wildman–Crippen MR) is 50.2 cm³/mol. The van der Waals surface area contributed by atoms with Crippen LogP contribution in [0.1, 0.15) is 32.1 Å². The van der Waals surface area contributed by atoms with Crippen molar-refractivity contribution in [1.29, 1.82) is 0 Å². The summed E-state index contributed by atoms with van der Waals surface area (Å²) < 4.78 is 10.4. The summed E-state index contributed by atoms with van der Waals surface area (Å²) >= 11 is 0. The maximum atomic E-state index is 10.4. The van der Waals surface area contributed by atoms with Crippen molar-refractivity contribution in [1.82, 2.24) is 0 Å². The standard InChI is InChI=1S/C8H17O3P/c1-2-3-4-5-6-7-8-12(9,10)11/h2H,1,3-8H2,(H2,9,10,11). The van der Waals surface area contributed by atoms with Crippen LogP contribution in [-0.4, -0.2) is 15.9 Å². The lowest BCUT2D eigenvalue weighted by molar-refractivity contribution is 0.370. The summed E-state index contributed by atoms with van der Waals surface area (Å²) in [6.45, 7) is 3.59. The van der Waals surface area contributed by atoms with Crippen molar-refractivity contribution in [3.05, 3.63) is 12.7 Å². The molecule has 0 radical (unpaired) electrons. The highest BCUT2D eigenvalue weighted by molar-refractivity contribution is 7.51. The zero-order valence-corrected chi connectivity index (χ0v) is 8.17. The molecule has 0 aliphatic heterocycles. The Balaban J connectivity index is 3.11. The average molecular weight is 192 g/mol. The van der Waals surface area contributed by atoms with E-state index >= 15 is 0 Å². The van der Waals surface area contributed by atoms with E-state index in [9.17, 15) is 4.57 Å². The Kier molecular flexibility index (Phi) is 6.35. The van der Waals surface area contributed by atoms with Crippen molar-refractivity contribution in [2.45, 2.75) is 32.1 Å². The van der Waals surface area contributed by atoms with Crippen molar-refractivity contribution in [2.24, 2.45) is 0 Å². The molecule has 0 unspecified atom stereocenters. The predicted octanol–water partition coefficient (Wildman–Crippen LogP) is 2.30. The highest BCUT2D eigenvalue weighted by Crippen LogP contribution is 2.35. The molecular formula is C8H17O3P. The van der Waals surface area contributed by atoms with Crippen LogP contribution in [0.15, 0.2) is 12.7 Å². The molecule has 0 rings (SSSR count). The number of rotatable bonds is 7. The molecule has 12 heavy (non-hydrogen) atoms. The molecule has 72 valence electrons. The number of unbranched alkanes of at least 4 members (excludes halogenated alkanes) is 4. The molecule has 0 fully saturated rings. The molecule has 2 N–H and O–H groups in total. The van der Waals surface area contributed by atoms with Crippen LogP contribution in [-0.2, 0) is 4.57 Å². The Labute approximate surface area is 73.7 Å². The maximum Gasteiger partial charge on any atom is 0.325 e. The van der Waals surface area contributed by atoms with Gasteiger partial charge in [-0.3, -0.25) is 4.57 Å². The zero-order valence-electron chi connectivity index (χ0n) is 7.28. The van der Waals surface area contributed by atoms with Crippen molar-refractivity contribution in [2.75, 3.05) is 6.16 Å². The van der Waals surface area contributed by atoms with Crippen LogP contribution in [0.4, 0.5) is 0 Å². The summed E-state index contributed by atoms with van der Waals surface area (Å²) in [4.78, 5) is 17.0. The van der Waals surface area contributed by atoms with Crippen LogP contribution in [0.25, 0.3) is 0 Å². The van der Waals surface area contributed by atoms with Crippen LogP contribution in [0.2, 0.25) is 0 Å². The van der Waals surface area contributed by atoms with Gasteiger partial charge in [0.1, 0.15) is 0 Å². The van der Waals surface area contributed by atoms with Gasteiger partial charge in [0.25, 0.3) is 0 Å². The lowest BCUT2D eigenvalue weighted by atomic mass is 10.2. The van der Waals surface area contributed by atoms with Crippen LogP contribution in [0.5, 0.6) is 0 Å². The van der Waals surface area contributed by atoms with Gasteiger partial charge in [0.05, 0.1) is 0 Å². The minimum atomic E-state index is -3.74.